The average Bonchev–Trinajstić information content (AvgIpc) is 2.63. The molecule has 0 aliphatic carbocycles. The first-order valence-corrected chi connectivity index (χ1v) is 8.57. The van der Waals surface area contributed by atoms with Crippen molar-refractivity contribution in [3.8, 4) is 5.75 Å². The van der Waals surface area contributed by atoms with Gasteiger partial charge in [0, 0.05) is 5.75 Å². The molecule has 0 aromatic heterocycles. The Kier molecular flexibility index (Phi) is 9.09. The van der Waals surface area contributed by atoms with Crippen molar-refractivity contribution in [2.45, 2.75) is 18.5 Å². The van der Waals surface area contributed by atoms with Crippen LogP contribution in [0.1, 0.15) is 5.56 Å². The Morgan fingerprint density at radius 3 is 2.19 bits per heavy atom. The summed E-state index contributed by atoms with van der Waals surface area (Å²) >= 11 is 3.80. The Hall–Kier alpha value is -2.79. The number of benzene rings is 1. The molecule has 0 fully saturated rings. The van der Waals surface area contributed by atoms with Gasteiger partial charge >= 0.3 is 5.97 Å². The van der Waals surface area contributed by atoms with Crippen LogP contribution in [-0.4, -0.2) is 64.8 Å². The van der Waals surface area contributed by atoms with Gasteiger partial charge in [0.2, 0.25) is 17.7 Å². The number of thiol groups is 1. The van der Waals surface area contributed by atoms with Crippen LogP contribution in [0.5, 0.6) is 5.75 Å². The largest absolute Gasteiger partial charge is 0.508 e. The van der Waals surface area contributed by atoms with E-state index in [2.05, 4.69) is 28.6 Å². The van der Waals surface area contributed by atoms with Crippen LogP contribution < -0.4 is 21.7 Å². The number of aliphatic carboxylic acids is 1. The number of amides is 3. The molecule has 0 bridgehead atoms. The van der Waals surface area contributed by atoms with Crippen molar-refractivity contribution in [1.82, 2.24) is 16.0 Å². The molecule has 1 aromatic carbocycles. The minimum absolute atomic E-state index is 0.0933. The molecule has 1 rings (SSSR count). The van der Waals surface area contributed by atoms with Crippen LogP contribution in [0.15, 0.2) is 24.3 Å². The number of rotatable bonds is 10. The first kappa shape index (κ1) is 22.3. The molecule has 0 heterocycles. The molecule has 10 nitrogen and oxygen atoms in total. The normalized spacial score (nSPS) is 12.5. The third kappa shape index (κ3) is 8.42. The zero-order valence-corrected chi connectivity index (χ0v) is 15.2. The summed E-state index contributed by atoms with van der Waals surface area (Å²) < 4.78 is 0. The van der Waals surface area contributed by atoms with E-state index >= 15 is 0 Å². The number of phenolic OH excluding ortho intramolecular Hbond substituents is 1. The fourth-order valence-corrected chi connectivity index (χ4v) is 2.20. The first-order chi connectivity index (χ1) is 12.7. The lowest BCUT2D eigenvalue weighted by Crippen LogP contribution is -2.49. The molecule has 1 aromatic rings. The van der Waals surface area contributed by atoms with Crippen LogP contribution in [0.3, 0.4) is 0 Å². The van der Waals surface area contributed by atoms with E-state index in [1.165, 1.54) is 12.1 Å². The lowest BCUT2D eigenvalue weighted by molar-refractivity contribution is -0.141. The number of nitrogens with one attached hydrogen (secondary N) is 3. The van der Waals surface area contributed by atoms with Gasteiger partial charge in [0.25, 0.3) is 0 Å². The van der Waals surface area contributed by atoms with Crippen LogP contribution in [0.2, 0.25) is 0 Å². The van der Waals surface area contributed by atoms with Crippen LogP contribution in [0.4, 0.5) is 0 Å². The Morgan fingerprint density at radius 2 is 1.63 bits per heavy atom. The van der Waals surface area contributed by atoms with Gasteiger partial charge in [-0.2, -0.15) is 12.6 Å². The molecule has 27 heavy (non-hydrogen) atoms. The second kappa shape index (κ2) is 11.0. The minimum Gasteiger partial charge on any atom is -0.508 e. The van der Waals surface area contributed by atoms with Crippen molar-refractivity contribution in [2.75, 3.05) is 18.8 Å². The highest BCUT2D eigenvalue weighted by molar-refractivity contribution is 7.80. The third-order valence-corrected chi connectivity index (χ3v) is 3.78. The van der Waals surface area contributed by atoms with Gasteiger partial charge < -0.3 is 31.9 Å². The highest BCUT2D eigenvalue weighted by Crippen LogP contribution is 2.10. The molecule has 148 valence electrons. The summed E-state index contributed by atoms with van der Waals surface area (Å²) in [4.78, 5) is 45.9. The molecule has 2 atom stereocenters. The summed E-state index contributed by atoms with van der Waals surface area (Å²) in [7, 11) is 0. The van der Waals surface area contributed by atoms with E-state index < -0.39 is 42.3 Å². The van der Waals surface area contributed by atoms with Gasteiger partial charge in [-0.05, 0) is 24.1 Å². The number of nitrogens with two attached hydrogens (primary N) is 1. The van der Waals surface area contributed by atoms with Crippen molar-refractivity contribution in [1.29, 1.82) is 0 Å². The van der Waals surface area contributed by atoms with E-state index in [4.69, 9.17) is 10.8 Å². The van der Waals surface area contributed by atoms with Gasteiger partial charge in [-0.1, -0.05) is 12.1 Å². The number of phenols is 1. The lowest BCUT2D eigenvalue weighted by Gasteiger charge is -2.14. The Balaban J connectivity index is 2.32. The molecule has 3 amide bonds. The second-order valence-electron chi connectivity index (χ2n) is 5.61. The highest BCUT2D eigenvalue weighted by atomic mass is 32.1. The molecule has 7 N–H and O–H groups in total. The Labute approximate surface area is 160 Å². The van der Waals surface area contributed by atoms with Crippen molar-refractivity contribution in [2.24, 2.45) is 5.73 Å². The van der Waals surface area contributed by atoms with Crippen molar-refractivity contribution >= 4 is 36.3 Å². The molecule has 0 aliphatic rings. The Morgan fingerprint density at radius 1 is 1.04 bits per heavy atom. The van der Waals surface area contributed by atoms with Crippen LogP contribution in [0.25, 0.3) is 0 Å². The number of hydrogen-bond acceptors (Lipinski definition) is 7. The van der Waals surface area contributed by atoms with Crippen molar-refractivity contribution in [3.63, 3.8) is 0 Å². The summed E-state index contributed by atoms with van der Waals surface area (Å²) in [5, 5.41) is 24.8. The topological polar surface area (TPSA) is 171 Å². The molecule has 0 saturated carbocycles. The molecule has 0 saturated heterocycles. The van der Waals surface area contributed by atoms with Crippen LogP contribution in [-0.2, 0) is 25.6 Å². The quantitative estimate of drug-likeness (QED) is 0.223. The predicted molar refractivity (Wildman–Crippen MR) is 99.2 cm³/mol. The zero-order chi connectivity index (χ0) is 20.4. The van der Waals surface area contributed by atoms with Gasteiger partial charge in [0.1, 0.15) is 11.8 Å². The molecule has 11 heteroatoms. The summed E-state index contributed by atoms with van der Waals surface area (Å²) in [6.07, 6.45) is 0.219. The van der Waals surface area contributed by atoms with Gasteiger partial charge in [-0.15, -0.1) is 0 Å². The Bertz CT molecular complexity index is 682. The monoisotopic (exact) mass is 398 g/mol. The highest BCUT2D eigenvalue weighted by Gasteiger charge is 2.19. The van der Waals surface area contributed by atoms with Gasteiger partial charge in [0.15, 0.2) is 0 Å². The zero-order valence-electron chi connectivity index (χ0n) is 14.3. The minimum atomic E-state index is -1.24. The number of hydrogen-bond donors (Lipinski definition) is 7. The fraction of sp³-hybridized carbons (Fsp3) is 0.375. The molecular formula is C16H22N4O6S. The van der Waals surface area contributed by atoms with Gasteiger partial charge in [0.05, 0.1) is 19.1 Å². The molecule has 0 aliphatic heterocycles. The van der Waals surface area contributed by atoms with Crippen LogP contribution in [0, 0.1) is 0 Å². The maximum Gasteiger partial charge on any atom is 0.327 e. The summed E-state index contributed by atoms with van der Waals surface area (Å²) in [5.74, 6) is -3.11. The molecule has 2 unspecified atom stereocenters. The standard InChI is InChI=1S/C16H22N4O6S/c17-11(5-9-1-3-10(21)4-2-9)15(24)19-6-13(22)18-7-14(23)20-12(8-27)16(25)26/h1-4,11-12,21,27H,5-8,17H2,(H,18,22)(H,19,24)(H,20,23)(H,25,26). The van der Waals surface area contributed by atoms with E-state index in [1.54, 1.807) is 12.1 Å². The molecular weight excluding hydrogens is 376 g/mol. The summed E-state index contributed by atoms with van der Waals surface area (Å²) in [6.45, 7) is -0.823. The number of carbonyl (C=O) groups excluding carboxylic acids is 3. The number of aromatic hydroxyl groups is 1. The van der Waals surface area contributed by atoms with Crippen molar-refractivity contribution < 1.29 is 29.4 Å². The maximum absolute atomic E-state index is 11.9. The molecule has 0 spiro atoms. The maximum atomic E-state index is 11.9. The smallest absolute Gasteiger partial charge is 0.327 e. The number of carboxylic acids is 1. The van der Waals surface area contributed by atoms with Gasteiger partial charge in [-0.3, -0.25) is 14.4 Å². The van der Waals surface area contributed by atoms with Crippen LogP contribution >= 0.6 is 12.6 Å². The first-order valence-electron chi connectivity index (χ1n) is 7.93. The van der Waals surface area contributed by atoms with E-state index in [1.807, 2.05) is 0 Å². The van der Waals surface area contributed by atoms with E-state index in [-0.39, 0.29) is 24.5 Å². The van der Waals surface area contributed by atoms with Gasteiger partial charge in [-0.25, -0.2) is 4.79 Å². The lowest BCUT2D eigenvalue weighted by atomic mass is 10.1. The summed E-state index contributed by atoms with van der Waals surface area (Å²) in [6, 6.07) is 4.15. The number of carboxylic acid groups (broad SMARTS) is 1. The second-order valence-corrected chi connectivity index (χ2v) is 5.98. The number of carbonyl (C=O) groups is 4. The molecule has 0 radical (unpaired) electrons. The predicted octanol–water partition coefficient (Wildman–Crippen LogP) is -2.01. The van der Waals surface area contributed by atoms with Crippen molar-refractivity contribution in [3.05, 3.63) is 29.8 Å². The van der Waals surface area contributed by atoms with E-state index in [0.717, 1.165) is 5.56 Å². The van der Waals surface area contributed by atoms with E-state index in [9.17, 15) is 24.3 Å². The SMILES string of the molecule is NC(Cc1ccc(O)cc1)C(=O)NCC(=O)NCC(=O)NC(CS)C(=O)O. The average molecular weight is 398 g/mol. The van der Waals surface area contributed by atoms with E-state index in [0.29, 0.717) is 0 Å². The fourth-order valence-electron chi connectivity index (χ4n) is 1.95. The third-order valence-electron chi connectivity index (χ3n) is 3.41. The summed E-state index contributed by atoms with van der Waals surface area (Å²) in [5.41, 5.74) is 6.51.